The molecule has 0 aliphatic heterocycles. The van der Waals surface area contributed by atoms with Gasteiger partial charge < -0.3 is 19.9 Å². The Labute approximate surface area is 156 Å². The lowest BCUT2D eigenvalue weighted by Gasteiger charge is -2.21. The number of alkyl carbamates (subject to hydrolysis) is 1. The van der Waals surface area contributed by atoms with Crippen LogP contribution in [0.5, 0.6) is 0 Å². The summed E-state index contributed by atoms with van der Waals surface area (Å²) in [5, 5.41) is 11.6. The fourth-order valence-electron chi connectivity index (χ4n) is 2.66. The minimum Gasteiger partial charge on any atom is -0.481 e. The first-order valence-corrected chi connectivity index (χ1v) is 9.52. The van der Waals surface area contributed by atoms with Crippen molar-refractivity contribution >= 4 is 18.0 Å². The third-order valence-electron chi connectivity index (χ3n) is 4.06. The molecule has 152 valence electrons. The Balaban J connectivity index is 4.34. The number of amides is 1. The van der Waals surface area contributed by atoms with Gasteiger partial charge in [-0.2, -0.15) is 0 Å². The highest BCUT2D eigenvalue weighted by Crippen LogP contribution is 2.20. The highest BCUT2D eigenvalue weighted by Gasteiger charge is 2.20. The first-order valence-electron chi connectivity index (χ1n) is 9.52. The summed E-state index contributed by atoms with van der Waals surface area (Å²) in [6.07, 6.45) is 3.52. The molecule has 0 spiro atoms. The molecule has 0 saturated carbocycles. The Hall–Kier alpha value is -1.79. The molecule has 1 amide bonds. The molecule has 0 unspecified atom stereocenters. The second-order valence-electron chi connectivity index (χ2n) is 7.25. The Morgan fingerprint density at radius 2 is 1.69 bits per heavy atom. The molecule has 0 bridgehead atoms. The van der Waals surface area contributed by atoms with Gasteiger partial charge >= 0.3 is 18.0 Å². The zero-order valence-corrected chi connectivity index (χ0v) is 16.7. The van der Waals surface area contributed by atoms with E-state index in [2.05, 4.69) is 19.2 Å². The van der Waals surface area contributed by atoms with E-state index in [9.17, 15) is 14.4 Å². The highest BCUT2D eigenvalue weighted by atomic mass is 16.7. The zero-order valence-electron chi connectivity index (χ0n) is 16.7. The fraction of sp³-hybridized carbons (Fsp3) is 0.842. The monoisotopic (exact) mass is 373 g/mol. The Bertz CT molecular complexity index is 438. The average Bonchev–Trinajstić information content (AvgIpc) is 2.52. The lowest BCUT2D eigenvalue weighted by molar-refractivity contribution is -0.168. The Morgan fingerprint density at radius 1 is 1.04 bits per heavy atom. The molecule has 0 fully saturated rings. The van der Waals surface area contributed by atoms with Crippen LogP contribution in [0.25, 0.3) is 0 Å². The fourth-order valence-corrected chi connectivity index (χ4v) is 2.66. The van der Waals surface area contributed by atoms with Gasteiger partial charge in [0, 0.05) is 19.9 Å². The van der Waals surface area contributed by atoms with E-state index >= 15 is 0 Å². The SMILES string of the molecule is CCCCC[C@@H](C)C[C@H](CNC(=O)O[C@@H](C)OC(=O)C(C)C)CC(=O)O. The van der Waals surface area contributed by atoms with Gasteiger partial charge in [-0.05, 0) is 18.3 Å². The van der Waals surface area contributed by atoms with Crippen LogP contribution in [-0.4, -0.2) is 36.0 Å². The summed E-state index contributed by atoms with van der Waals surface area (Å²) in [4.78, 5) is 34.3. The second kappa shape index (κ2) is 13.4. The lowest BCUT2D eigenvalue weighted by Crippen LogP contribution is -2.35. The molecule has 7 nitrogen and oxygen atoms in total. The predicted molar refractivity (Wildman–Crippen MR) is 98.5 cm³/mol. The Morgan fingerprint density at radius 3 is 2.23 bits per heavy atom. The first kappa shape index (κ1) is 24.2. The molecule has 0 rings (SSSR count). The van der Waals surface area contributed by atoms with E-state index in [0.717, 1.165) is 25.7 Å². The van der Waals surface area contributed by atoms with Gasteiger partial charge in [-0.1, -0.05) is 53.4 Å². The van der Waals surface area contributed by atoms with Gasteiger partial charge in [0.1, 0.15) is 0 Å². The largest absolute Gasteiger partial charge is 0.481 e. The minimum absolute atomic E-state index is 0.00368. The van der Waals surface area contributed by atoms with Crippen molar-refractivity contribution in [1.29, 1.82) is 0 Å². The summed E-state index contributed by atoms with van der Waals surface area (Å²) in [5.74, 6) is -1.40. The summed E-state index contributed by atoms with van der Waals surface area (Å²) >= 11 is 0. The van der Waals surface area contributed by atoms with Crippen molar-refractivity contribution in [3.63, 3.8) is 0 Å². The number of esters is 1. The van der Waals surface area contributed by atoms with Crippen molar-refractivity contribution < 1.29 is 29.0 Å². The molecular weight excluding hydrogens is 338 g/mol. The molecule has 7 heteroatoms. The van der Waals surface area contributed by atoms with Crippen LogP contribution in [0.15, 0.2) is 0 Å². The average molecular weight is 373 g/mol. The van der Waals surface area contributed by atoms with Crippen molar-refractivity contribution in [1.82, 2.24) is 5.32 Å². The summed E-state index contributed by atoms with van der Waals surface area (Å²) in [6, 6.07) is 0. The molecule has 26 heavy (non-hydrogen) atoms. The molecule has 0 heterocycles. The number of rotatable bonds is 13. The van der Waals surface area contributed by atoms with Crippen LogP contribution >= 0.6 is 0 Å². The number of carbonyl (C=O) groups excluding carboxylic acids is 2. The number of nitrogens with one attached hydrogen (secondary N) is 1. The molecule has 2 N–H and O–H groups in total. The van der Waals surface area contributed by atoms with Crippen molar-refractivity contribution in [2.45, 2.75) is 79.4 Å². The van der Waals surface area contributed by atoms with Crippen LogP contribution in [0, 0.1) is 17.8 Å². The van der Waals surface area contributed by atoms with Crippen LogP contribution in [0.3, 0.4) is 0 Å². The number of ether oxygens (including phenoxy) is 2. The topological polar surface area (TPSA) is 102 Å². The molecule has 0 aromatic carbocycles. The van der Waals surface area contributed by atoms with Crippen molar-refractivity contribution in [2.24, 2.45) is 17.8 Å². The van der Waals surface area contributed by atoms with Crippen LogP contribution in [0.1, 0.15) is 73.1 Å². The quantitative estimate of drug-likeness (QED) is 0.288. The van der Waals surface area contributed by atoms with Crippen molar-refractivity contribution in [2.75, 3.05) is 6.54 Å². The smallest absolute Gasteiger partial charge is 0.410 e. The number of carboxylic acid groups (broad SMARTS) is 1. The van der Waals surface area contributed by atoms with Crippen LogP contribution in [-0.2, 0) is 19.1 Å². The third kappa shape index (κ3) is 12.6. The van der Waals surface area contributed by atoms with Crippen LogP contribution in [0.4, 0.5) is 4.79 Å². The molecule has 0 aromatic rings. The van der Waals surface area contributed by atoms with E-state index in [-0.39, 0.29) is 24.8 Å². The first-order chi connectivity index (χ1) is 12.1. The van der Waals surface area contributed by atoms with E-state index < -0.39 is 24.3 Å². The van der Waals surface area contributed by atoms with Crippen LogP contribution < -0.4 is 5.32 Å². The van der Waals surface area contributed by atoms with Gasteiger partial charge in [-0.15, -0.1) is 0 Å². The molecule has 0 aliphatic carbocycles. The number of hydrogen-bond donors (Lipinski definition) is 2. The standard InChI is InChI=1S/C19H35NO6/c1-6-7-8-9-14(4)10-16(11-17(21)22)12-20-19(24)26-15(5)25-18(23)13(2)3/h13-16H,6-12H2,1-5H3,(H,20,24)(H,21,22)/t14-,15+,16+/m1/s1. The molecule has 3 atom stereocenters. The van der Waals surface area contributed by atoms with E-state index in [1.54, 1.807) is 13.8 Å². The van der Waals surface area contributed by atoms with Crippen LogP contribution in [0.2, 0.25) is 0 Å². The van der Waals surface area contributed by atoms with E-state index in [1.807, 2.05) is 0 Å². The number of carboxylic acids is 1. The molecule has 0 radical (unpaired) electrons. The molecular formula is C19H35NO6. The van der Waals surface area contributed by atoms with E-state index in [0.29, 0.717) is 5.92 Å². The number of carbonyl (C=O) groups is 3. The second-order valence-corrected chi connectivity index (χ2v) is 7.25. The summed E-state index contributed by atoms with van der Waals surface area (Å²) in [6.45, 7) is 9.31. The van der Waals surface area contributed by atoms with Gasteiger partial charge in [0.25, 0.3) is 0 Å². The molecule has 0 saturated heterocycles. The minimum atomic E-state index is -0.990. The maximum atomic E-state index is 11.8. The highest BCUT2D eigenvalue weighted by molar-refractivity contribution is 5.72. The van der Waals surface area contributed by atoms with E-state index in [4.69, 9.17) is 14.6 Å². The normalized spacial score (nSPS) is 14.4. The summed E-state index contributed by atoms with van der Waals surface area (Å²) < 4.78 is 9.93. The maximum Gasteiger partial charge on any atom is 0.410 e. The van der Waals surface area contributed by atoms with Gasteiger partial charge in [-0.3, -0.25) is 9.59 Å². The third-order valence-corrected chi connectivity index (χ3v) is 4.06. The molecule has 0 aromatic heterocycles. The molecule has 0 aliphatic rings. The van der Waals surface area contributed by atoms with Crippen molar-refractivity contribution in [3.8, 4) is 0 Å². The Kier molecular flexibility index (Phi) is 12.5. The number of unbranched alkanes of at least 4 members (excludes halogenated alkanes) is 2. The van der Waals surface area contributed by atoms with Gasteiger partial charge in [0.15, 0.2) is 0 Å². The van der Waals surface area contributed by atoms with Gasteiger partial charge in [-0.25, -0.2) is 4.79 Å². The van der Waals surface area contributed by atoms with E-state index in [1.165, 1.54) is 13.3 Å². The maximum absolute atomic E-state index is 11.8. The lowest BCUT2D eigenvalue weighted by atomic mass is 9.89. The zero-order chi connectivity index (χ0) is 20.1. The number of hydrogen-bond acceptors (Lipinski definition) is 5. The summed E-state index contributed by atoms with van der Waals surface area (Å²) in [7, 11) is 0. The number of aliphatic carboxylic acids is 1. The van der Waals surface area contributed by atoms with Crippen molar-refractivity contribution in [3.05, 3.63) is 0 Å². The predicted octanol–water partition coefficient (Wildman–Crippen LogP) is 3.96. The van der Waals surface area contributed by atoms with Gasteiger partial charge in [0.05, 0.1) is 5.92 Å². The van der Waals surface area contributed by atoms with Gasteiger partial charge in [0.2, 0.25) is 6.29 Å². The summed E-state index contributed by atoms with van der Waals surface area (Å²) in [5.41, 5.74) is 0.